The fourth-order valence-corrected chi connectivity index (χ4v) is 4.27. The second-order valence-electron chi connectivity index (χ2n) is 6.74. The molecule has 1 N–H and O–H groups in total. The molecular weight excluding hydrogens is 256 g/mol. The van der Waals surface area contributed by atoms with Gasteiger partial charge in [0, 0.05) is 12.6 Å². The minimum atomic E-state index is 0.876. The van der Waals surface area contributed by atoms with E-state index in [9.17, 15) is 0 Å². The first-order valence-corrected chi connectivity index (χ1v) is 8.90. The normalized spacial score (nSPS) is 26.0. The predicted molar refractivity (Wildman–Crippen MR) is 89.5 cm³/mol. The van der Waals surface area contributed by atoms with Gasteiger partial charge in [-0.25, -0.2) is 0 Å². The Morgan fingerprint density at radius 3 is 2.76 bits per heavy atom. The van der Waals surface area contributed by atoms with Gasteiger partial charge in [-0.3, -0.25) is 4.90 Å². The zero-order valence-electron chi connectivity index (χ0n) is 13.5. The van der Waals surface area contributed by atoms with Gasteiger partial charge in [0.25, 0.3) is 0 Å². The lowest BCUT2D eigenvalue weighted by atomic mass is 9.85. The minimum absolute atomic E-state index is 0.876. The molecule has 3 rings (SSSR count). The Kier molecular flexibility index (Phi) is 5.32. The molecule has 1 aliphatic heterocycles. The molecule has 0 aromatic heterocycles. The summed E-state index contributed by atoms with van der Waals surface area (Å²) in [6.45, 7) is 6.83. The van der Waals surface area contributed by atoms with E-state index in [1.807, 2.05) is 0 Å². The van der Waals surface area contributed by atoms with Gasteiger partial charge in [-0.2, -0.15) is 0 Å². The predicted octanol–water partition coefficient (Wildman–Crippen LogP) is 3.60. The van der Waals surface area contributed by atoms with Crippen LogP contribution in [0.5, 0.6) is 0 Å². The van der Waals surface area contributed by atoms with Crippen molar-refractivity contribution in [1.82, 2.24) is 10.2 Å². The summed E-state index contributed by atoms with van der Waals surface area (Å²) in [5, 5.41) is 3.45. The second kappa shape index (κ2) is 7.42. The first kappa shape index (κ1) is 15.1. The Balaban J connectivity index is 1.64. The van der Waals surface area contributed by atoms with Crippen LogP contribution in [0.2, 0.25) is 0 Å². The molecule has 1 aliphatic carbocycles. The lowest BCUT2D eigenvalue weighted by molar-refractivity contribution is 0.175. The van der Waals surface area contributed by atoms with E-state index in [4.69, 9.17) is 0 Å². The van der Waals surface area contributed by atoms with E-state index in [-0.39, 0.29) is 0 Å². The molecule has 2 unspecified atom stereocenters. The van der Waals surface area contributed by atoms with Crippen LogP contribution in [0.4, 0.5) is 0 Å². The topological polar surface area (TPSA) is 15.3 Å². The summed E-state index contributed by atoms with van der Waals surface area (Å²) in [6.07, 6.45) is 8.41. The summed E-state index contributed by atoms with van der Waals surface area (Å²) in [5.41, 5.74) is 3.10. The van der Waals surface area contributed by atoms with E-state index in [1.165, 1.54) is 50.8 Å². The largest absolute Gasteiger partial charge is 0.317 e. The third kappa shape index (κ3) is 3.67. The highest BCUT2D eigenvalue weighted by molar-refractivity contribution is 5.27. The van der Waals surface area contributed by atoms with Crippen LogP contribution >= 0.6 is 0 Å². The Labute approximate surface area is 129 Å². The quantitative estimate of drug-likeness (QED) is 0.804. The number of nitrogens with zero attached hydrogens (tertiary/aromatic N) is 1. The van der Waals surface area contributed by atoms with Crippen LogP contribution in [0, 0.1) is 5.92 Å². The summed E-state index contributed by atoms with van der Waals surface area (Å²) in [4.78, 5) is 2.77. The van der Waals surface area contributed by atoms with Gasteiger partial charge in [-0.05, 0) is 62.4 Å². The molecule has 0 spiro atoms. The molecule has 2 aliphatic rings. The average molecular weight is 286 g/mol. The monoisotopic (exact) mass is 286 g/mol. The molecule has 1 saturated heterocycles. The molecule has 1 aromatic rings. The van der Waals surface area contributed by atoms with Gasteiger partial charge in [0.15, 0.2) is 0 Å². The second-order valence-corrected chi connectivity index (χ2v) is 6.74. The van der Waals surface area contributed by atoms with E-state index < -0.39 is 0 Å². The highest BCUT2D eigenvalue weighted by atomic mass is 15.2. The molecule has 1 saturated carbocycles. The van der Waals surface area contributed by atoms with Gasteiger partial charge >= 0.3 is 0 Å². The maximum atomic E-state index is 3.45. The van der Waals surface area contributed by atoms with Crippen LogP contribution in [0.15, 0.2) is 24.3 Å². The van der Waals surface area contributed by atoms with Crippen molar-refractivity contribution >= 4 is 0 Å². The summed E-state index contributed by atoms with van der Waals surface area (Å²) >= 11 is 0. The Morgan fingerprint density at radius 2 is 1.90 bits per heavy atom. The Hall–Kier alpha value is -0.860. The Bertz CT molecular complexity index is 443. The number of fused-ring (bicyclic) bond motifs is 1. The molecule has 1 heterocycles. The number of benzene rings is 1. The zero-order chi connectivity index (χ0) is 14.5. The highest BCUT2D eigenvalue weighted by Crippen LogP contribution is 2.37. The SMILES string of the molecule is CCNCCc1ccccc1CN1CCC2CCCCC21. The van der Waals surface area contributed by atoms with Crippen molar-refractivity contribution in [2.45, 2.75) is 58.0 Å². The van der Waals surface area contributed by atoms with Crippen molar-refractivity contribution < 1.29 is 0 Å². The smallest absolute Gasteiger partial charge is 0.0239 e. The summed E-state index contributed by atoms with van der Waals surface area (Å²) in [6, 6.07) is 9.94. The first-order valence-electron chi connectivity index (χ1n) is 8.90. The lowest BCUT2D eigenvalue weighted by Crippen LogP contribution is -2.34. The standard InChI is InChI=1S/C19H30N2/c1-2-20-13-11-16-7-3-4-9-18(16)15-21-14-12-17-8-5-6-10-19(17)21/h3-4,7,9,17,19-20H,2,5-6,8,10-15H2,1H3. The van der Waals surface area contributed by atoms with Crippen LogP contribution in [-0.4, -0.2) is 30.6 Å². The van der Waals surface area contributed by atoms with E-state index in [2.05, 4.69) is 41.4 Å². The molecule has 0 radical (unpaired) electrons. The van der Waals surface area contributed by atoms with E-state index in [0.29, 0.717) is 0 Å². The molecule has 2 nitrogen and oxygen atoms in total. The van der Waals surface area contributed by atoms with Crippen molar-refractivity contribution in [2.75, 3.05) is 19.6 Å². The summed E-state index contributed by atoms with van der Waals surface area (Å²) in [7, 11) is 0. The van der Waals surface area contributed by atoms with Crippen molar-refractivity contribution in [3.05, 3.63) is 35.4 Å². The minimum Gasteiger partial charge on any atom is -0.317 e. The Morgan fingerprint density at radius 1 is 1.10 bits per heavy atom. The van der Waals surface area contributed by atoms with Crippen molar-refractivity contribution in [1.29, 1.82) is 0 Å². The average Bonchev–Trinajstić information content (AvgIpc) is 2.93. The number of likely N-dealkylation sites (tertiary alicyclic amines) is 1. The first-order chi connectivity index (χ1) is 10.4. The molecular formula is C19H30N2. The number of likely N-dealkylation sites (N-methyl/N-ethyl adjacent to an activating group) is 1. The zero-order valence-corrected chi connectivity index (χ0v) is 13.5. The van der Waals surface area contributed by atoms with Gasteiger partial charge in [0.05, 0.1) is 0 Å². The highest BCUT2D eigenvalue weighted by Gasteiger charge is 2.35. The molecule has 1 aromatic carbocycles. The van der Waals surface area contributed by atoms with Gasteiger partial charge in [-0.1, -0.05) is 44.0 Å². The van der Waals surface area contributed by atoms with Gasteiger partial charge in [-0.15, -0.1) is 0 Å². The van der Waals surface area contributed by atoms with Gasteiger partial charge in [0.2, 0.25) is 0 Å². The van der Waals surface area contributed by atoms with Crippen molar-refractivity contribution in [3.63, 3.8) is 0 Å². The van der Waals surface area contributed by atoms with Gasteiger partial charge < -0.3 is 5.32 Å². The maximum absolute atomic E-state index is 3.45. The molecule has 0 bridgehead atoms. The molecule has 116 valence electrons. The lowest BCUT2D eigenvalue weighted by Gasteiger charge is -2.32. The molecule has 0 amide bonds. The van der Waals surface area contributed by atoms with Crippen molar-refractivity contribution in [3.8, 4) is 0 Å². The fraction of sp³-hybridized carbons (Fsp3) is 0.684. The van der Waals surface area contributed by atoms with Gasteiger partial charge in [0.1, 0.15) is 0 Å². The summed E-state index contributed by atoms with van der Waals surface area (Å²) in [5.74, 6) is 0.993. The number of hydrogen-bond acceptors (Lipinski definition) is 2. The van der Waals surface area contributed by atoms with Crippen LogP contribution in [0.25, 0.3) is 0 Å². The van der Waals surface area contributed by atoms with E-state index >= 15 is 0 Å². The van der Waals surface area contributed by atoms with Crippen LogP contribution in [-0.2, 0) is 13.0 Å². The van der Waals surface area contributed by atoms with E-state index in [1.54, 1.807) is 5.56 Å². The number of nitrogens with one attached hydrogen (secondary N) is 1. The van der Waals surface area contributed by atoms with Crippen LogP contribution in [0.1, 0.15) is 50.2 Å². The molecule has 21 heavy (non-hydrogen) atoms. The summed E-state index contributed by atoms with van der Waals surface area (Å²) < 4.78 is 0. The third-order valence-electron chi connectivity index (χ3n) is 5.44. The van der Waals surface area contributed by atoms with E-state index in [0.717, 1.165) is 31.5 Å². The van der Waals surface area contributed by atoms with Crippen LogP contribution < -0.4 is 5.32 Å². The molecule has 2 heteroatoms. The van der Waals surface area contributed by atoms with Crippen molar-refractivity contribution in [2.24, 2.45) is 5.92 Å². The molecule has 2 atom stereocenters. The van der Waals surface area contributed by atoms with Crippen LogP contribution in [0.3, 0.4) is 0 Å². The third-order valence-corrected chi connectivity index (χ3v) is 5.44. The fourth-order valence-electron chi connectivity index (χ4n) is 4.27. The molecule has 2 fully saturated rings. The number of rotatable bonds is 6. The number of hydrogen-bond donors (Lipinski definition) is 1. The maximum Gasteiger partial charge on any atom is 0.0239 e.